The quantitative estimate of drug-likeness (QED) is 0.210. The van der Waals surface area contributed by atoms with Crippen molar-refractivity contribution < 1.29 is 28.7 Å². The Labute approximate surface area is 289 Å². The minimum atomic E-state index is -1.33. The number of amides is 3. The third-order valence-corrected chi connectivity index (χ3v) is 8.46. The topological polar surface area (TPSA) is 129 Å². The number of anilines is 1. The molecule has 0 saturated carbocycles. The molecule has 1 fully saturated rings. The summed E-state index contributed by atoms with van der Waals surface area (Å²) in [6.45, 7) is 7.64. The highest BCUT2D eigenvalue weighted by molar-refractivity contribution is 5.96. The number of ether oxygens (including phenoxy) is 2. The molecule has 0 aliphatic carbocycles. The van der Waals surface area contributed by atoms with Gasteiger partial charge in [0.05, 0.1) is 13.5 Å². The van der Waals surface area contributed by atoms with Gasteiger partial charge in [-0.1, -0.05) is 78.9 Å². The maximum atomic E-state index is 14.7. The predicted molar refractivity (Wildman–Crippen MR) is 188 cm³/mol. The molecule has 4 rings (SSSR count). The Kier molecular flexibility index (Phi) is 13.2. The Morgan fingerprint density at radius 2 is 1.43 bits per heavy atom. The number of likely N-dealkylation sites (tertiary alicyclic amines) is 1. The Balaban J connectivity index is 1.68. The van der Waals surface area contributed by atoms with Gasteiger partial charge in [0.15, 0.2) is 0 Å². The SMILES string of the molecule is COC(=O)C[C@H](NC(=O)OC(C)(C)C)C(=O)N(CCNc1ccccc1)C1(C(=O)NCc2ccccc2)CCN(Cc2ccccc2)CC1. The molecule has 0 radical (unpaired) electrons. The number of rotatable bonds is 14. The predicted octanol–water partition coefficient (Wildman–Crippen LogP) is 4.73. The van der Waals surface area contributed by atoms with Crippen LogP contribution in [-0.2, 0) is 36.9 Å². The van der Waals surface area contributed by atoms with E-state index in [2.05, 4.69) is 33.0 Å². The van der Waals surface area contributed by atoms with Crippen molar-refractivity contribution in [3.8, 4) is 0 Å². The normalized spacial score (nSPS) is 14.9. The summed E-state index contributed by atoms with van der Waals surface area (Å²) in [7, 11) is 1.22. The van der Waals surface area contributed by atoms with E-state index in [4.69, 9.17) is 9.47 Å². The zero-order chi connectivity index (χ0) is 35.3. The number of nitrogens with one attached hydrogen (secondary N) is 3. The lowest BCUT2D eigenvalue weighted by Crippen LogP contribution is -2.67. The van der Waals surface area contributed by atoms with Gasteiger partial charge in [0, 0.05) is 45.0 Å². The van der Waals surface area contributed by atoms with E-state index in [1.165, 1.54) is 7.11 Å². The monoisotopic (exact) mass is 671 g/mol. The van der Waals surface area contributed by atoms with E-state index in [9.17, 15) is 19.2 Å². The van der Waals surface area contributed by atoms with Crippen molar-refractivity contribution in [3.63, 3.8) is 0 Å². The van der Waals surface area contributed by atoms with E-state index < -0.39 is 41.6 Å². The van der Waals surface area contributed by atoms with Crippen LogP contribution in [0, 0.1) is 0 Å². The zero-order valence-electron chi connectivity index (χ0n) is 28.9. The molecule has 0 aromatic heterocycles. The summed E-state index contributed by atoms with van der Waals surface area (Å²) >= 11 is 0. The molecule has 3 amide bonds. The number of para-hydroxylation sites is 1. The Hall–Kier alpha value is -4.90. The second-order valence-electron chi connectivity index (χ2n) is 13.2. The third kappa shape index (κ3) is 11.1. The fourth-order valence-electron chi connectivity index (χ4n) is 5.98. The summed E-state index contributed by atoms with van der Waals surface area (Å²) < 4.78 is 10.4. The lowest BCUT2D eigenvalue weighted by Gasteiger charge is -2.48. The summed E-state index contributed by atoms with van der Waals surface area (Å²) in [4.78, 5) is 58.6. The van der Waals surface area contributed by atoms with Gasteiger partial charge in [-0.05, 0) is 56.9 Å². The van der Waals surface area contributed by atoms with Crippen molar-refractivity contribution in [2.75, 3.05) is 38.6 Å². The first-order chi connectivity index (χ1) is 23.5. The Bertz CT molecular complexity index is 1510. The van der Waals surface area contributed by atoms with Crippen LogP contribution in [0.2, 0.25) is 0 Å². The highest BCUT2D eigenvalue weighted by atomic mass is 16.6. The van der Waals surface area contributed by atoms with Gasteiger partial charge in [-0.15, -0.1) is 0 Å². The van der Waals surface area contributed by atoms with E-state index in [0.29, 0.717) is 39.0 Å². The maximum absolute atomic E-state index is 14.7. The average Bonchev–Trinajstić information content (AvgIpc) is 3.09. The summed E-state index contributed by atoms with van der Waals surface area (Å²) in [6.07, 6.45) is -0.597. The van der Waals surface area contributed by atoms with Gasteiger partial charge in [-0.25, -0.2) is 4.79 Å². The Morgan fingerprint density at radius 1 is 0.857 bits per heavy atom. The van der Waals surface area contributed by atoms with Gasteiger partial charge >= 0.3 is 12.1 Å². The van der Waals surface area contributed by atoms with E-state index in [0.717, 1.165) is 16.8 Å². The van der Waals surface area contributed by atoms with Crippen molar-refractivity contribution in [1.82, 2.24) is 20.4 Å². The summed E-state index contributed by atoms with van der Waals surface area (Å²) in [5, 5.41) is 9.06. The molecule has 1 aliphatic heterocycles. The van der Waals surface area contributed by atoms with Crippen molar-refractivity contribution in [3.05, 3.63) is 102 Å². The third-order valence-electron chi connectivity index (χ3n) is 8.46. The standard InChI is InChI=1S/C38H49N5O6/c1-37(2,3)49-36(47)41-32(26-33(44)48-4)34(45)43(25-22-39-31-18-12-7-13-19-31)38(35(46)40-27-29-14-8-5-9-15-29)20-23-42(24-21-38)28-30-16-10-6-11-17-30/h5-19,32,39H,20-28H2,1-4H3,(H,40,46)(H,41,47)/t32-/m0/s1. The second-order valence-corrected chi connectivity index (χ2v) is 13.2. The second kappa shape index (κ2) is 17.5. The first-order valence-electron chi connectivity index (χ1n) is 16.7. The molecule has 3 aromatic carbocycles. The van der Waals surface area contributed by atoms with E-state index in [1.54, 1.807) is 25.7 Å². The molecule has 262 valence electrons. The van der Waals surface area contributed by atoms with Gasteiger partial charge in [0.2, 0.25) is 11.8 Å². The van der Waals surface area contributed by atoms with Crippen LogP contribution < -0.4 is 16.0 Å². The number of nitrogens with zero attached hydrogens (tertiary/aromatic N) is 2. The molecule has 0 bridgehead atoms. The highest BCUT2D eigenvalue weighted by Gasteiger charge is 2.49. The molecule has 11 nitrogen and oxygen atoms in total. The number of hydrogen-bond donors (Lipinski definition) is 3. The van der Waals surface area contributed by atoms with Crippen molar-refractivity contribution >= 4 is 29.6 Å². The molecule has 11 heteroatoms. The lowest BCUT2D eigenvalue weighted by molar-refractivity contribution is -0.155. The number of carbonyl (C=O) groups is 4. The van der Waals surface area contributed by atoms with E-state index in [-0.39, 0.29) is 19.0 Å². The number of methoxy groups -OCH3 is 1. The molecular weight excluding hydrogens is 622 g/mol. The van der Waals surface area contributed by atoms with Crippen molar-refractivity contribution in [1.29, 1.82) is 0 Å². The van der Waals surface area contributed by atoms with Gasteiger partial charge < -0.3 is 30.3 Å². The molecule has 1 saturated heterocycles. The fraction of sp³-hybridized carbons (Fsp3) is 0.421. The summed E-state index contributed by atoms with van der Waals surface area (Å²) in [5.74, 6) is -1.55. The number of piperidine rings is 1. The highest BCUT2D eigenvalue weighted by Crippen LogP contribution is 2.32. The molecule has 49 heavy (non-hydrogen) atoms. The summed E-state index contributed by atoms with van der Waals surface area (Å²) in [5.41, 5.74) is 0.816. The molecule has 3 aromatic rings. The van der Waals surface area contributed by atoms with Gasteiger partial charge in [-0.2, -0.15) is 0 Å². The molecule has 3 N–H and O–H groups in total. The molecule has 0 unspecified atom stereocenters. The van der Waals surface area contributed by atoms with Crippen LogP contribution in [-0.4, -0.2) is 84.1 Å². The van der Waals surface area contributed by atoms with Crippen LogP contribution in [0.3, 0.4) is 0 Å². The number of esters is 1. The first-order valence-corrected chi connectivity index (χ1v) is 16.7. The van der Waals surface area contributed by atoms with Crippen LogP contribution in [0.5, 0.6) is 0 Å². The number of carbonyl (C=O) groups excluding carboxylic acids is 4. The number of alkyl carbamates (subject to hydrolysis) is 1. The Morgan fingerprint density at radius 3 is 2.00 bits per heavy atom. The minimum absolute atomic E-state index is 0.124. The first kappa shape index (κ1) is 36.9. The van der Waals surface area contributed by atoms with Gasteiger partial charge in [0.25, 0.3) is 0 Å². The van der Waals surface area contributed by atoms with Crippen LogP contribution in [0.15, 0.2) is 91.0 Å². The molecular formula is C38H49N5O6. The zero-order valence-corrected chi connectivity index (χ0v) is 28.9. The molecule has 1 atom stereocenters. The van der Waals surface area contributed by atoms with Crippen molar-refractivity contribution in [2.45, 2.75) is 70.3 Å². The largest absolute Gasteiger partial charge is 0.469 e. The fourth-order valence-corrected chi connectivity index (χ4v) is 5.98. The average molecular weight is 672 g/mol. The number of hydrogen-bond acceptors (Lipinski definition) is 8. The molecule has 0 spiro atoms. The van der Waals surface area contributed by atoms with E-state index >= 15 is 0 Å². The van der Waals surface area contributed by atoms with Gasteiger partial charge in [-0.3, -0.25) is 19.3 Å². The van der Waals surface area contributed by atoms with Gasteiger partial charge in [0.1, 0.15) is 17.2 Å². The number of benzene rings is 3. The van der Waals surface area contributed by atoms with Crippen molar-refractivity contribution in [2.24, 2.45) is 0 Å². The lowest BCUT2D eigenvalue weighted by atomic mass is 9.83. The van der Waals surface area contributed by atoms with Crippen LogP contribution in [0.1, 0.15) is 51.2 Å². The summed E-state index contributed by atoms with van der Waals surface area (Å²) in [6, 6.07) is 27.9. The van der Waals surface area contributed by atoms with Crippen LogP contribution in [0.4, 0.5) is 10.5 Å². The molecule has 1 heterocycles. The van der Waals surface area contributed by atoms with Crippen LogP contribution >= 0.6 is 0 Å². The smallest absolute Gasteiger partial charge is 0.408 e. The molecule has 1 aliphatic rings. The van der Waals surface area contributed by atoms with Crippen LogP contribution in [0.25, 0.3) is 0 Å². The minimum Gasteiger partial charge on any atom is -0.469 e. The maximum Gasteiger partial charge on any atom is 0.408 e. The van der Waals surface area contributed by atoms with E-state index in [1.807, 2.05) is 78.9 Å².